The molecule has 0 aliphatic carbocycles. The first-order valence-electron chi connectivity index (χ1n) is 7.98. The zero-order valence-electron chi connectivity index (χ0n) is 13.1. The van der Waals surface area contributed by atoms with Crippen molar-refractivity contribution in [2.24, 2.45) is 0 Å². The summed E-state index contributed by atoms with van der Waals surface area (Å²) >= 11 is 0. The van der Waals surface area contributed by atoms with Gasteiger partial charge in [0.1, 0.15) is 0 Å². The fourth-order valence-corrected chi connectivity index (χ4v) is 2.74. The Morgan fingerprint density at radius 1 is 0.857 bits per heavy atom. The quantitative estimate of drug-likeness (QED) is 0.636. The van der Waals surface area contributed by atoms with Crippen LogP contribution >= 0.6 is 0 Å². The molecule has 0 aromatic heterocycles. The molecule has 0 fully saturated rings. The molecular weight excluding hydrogens is 256 g/mol. The number of carbonyl (C=O) groups excluding carboxylic acids is 1. The molecule has 0 radical (unpaired) electrons. The van der Waals surface area contributed by atoms with Crippen LogP contribution in [0.1, 0.15) is 60.2 Å². The topological polar surface area (TPSA) is 17.1 Å². The zero-order chi connectivity index (χ0) is 15.1. The first-order chi connectivity index (χ1) is 10.3. The van der Waals surface area contributed by atoms with Crippen LogP contribution in [0.4, 0.5) is 0 Å². The normalized spacial score (nSPS) is 10.6. The van der Waals surface area contributed by atoms with Gasteiger partial charge in [0, 0.05) is 11.1 Å². The van der Waals surface area contributed by atoms with Crippen LogP contribution in [0.15, 0.2) is 48.5 Å². The van der Waals surface area contributed by atoms with E-state index in [-0.39, 0.29) is 5.78 Å². The van der Waals surface area contributed by atoms with Crippen LogP contribution in [0.2, 0.25) is 0 Å². The van der Waals surface area contributed by atoms with Gasteiger partial charge in [-0.2, -0.15) is 0 Å². The molecule has 0 bridgehead atoms. The second kappa shape index (κ2) is 7.78. The van der Waals surface area contributed by atoms with E-state index in [1.165, 1.54) is 24.0 Å². The molecule has 2 rings (SSSR count). The molecule has 0 aliphatic rings. The lowest BCUT2D eigenvalue weighted by atomic mass is 9.90. The van der Waals surface area contributed by atoms with Crippen molar-refractivity contribution in [3.63, 3.8) is 0 Å². The number of hydrogen-bond donors (Lipinski definition) is 0. The Labute approximate surface area is 128 Å². The van der Waals surface area contributed by atoms with E-state index < -0.39 is 0 Å². The van der Waals surface area contributed by atoms with Gasteiger partial charge in [-0.05, 0) is 30.4 Å². The van der Waals surface area contributed by atoms with Crippen LogP contribution in [0.5, 0.6) is 0 Å². The Hall–Kier alpha value is -1.89. The van der Waals surface area contributed by atoms with Crippen LogP contribution in [-0.2, 0) is 12.8 Å². The van der Waals surface area contributed by atoms with E-state index in [9.17, 15) is 4.79 Å². The zero-order valence-corrected chi connectivity index (χ0v) is 13.1. The van der Waals surface area contributed by atoms with Gasteiger partial charge in [-0.25, -0.2) is 0 Å². The molecule has 0 saturated heterocycles. The van der Waals surface area contributed by atoms with E-state index in [2.05, 4.69) is 19.9 Å². The molecule has 1 heteroatoms. The van der Waals surface area contributed by atoms with Gasteiger partial charge < -0.3 is 0 Å². The summed E-state index contributed by atoms with van der Waals surface area (Å²) in [5, 5.41) is 0. The van der Waals surface area contributed by atoms with Crippen molar-refractivity contribution in [3.8, 4) is 0 Å². The second-order valence-electron chi connectivity index (χ2n) is 5.49. The van der Waals surface area contributed by atoms with Gasteiger partial charge in [0.15, 0.2) is 5.78 Å². The lowest BCUT2D eigenvalue weighted by Gasteiger charge is -2.14. The number of unbranched alkanes of at least 4 members (excludes halogenated alkanes) is 1. The summed E-state index contributed by atoms with van der Waals surface area (Å²) in [6.07, 6.45) is 5.48. The van der Waals surface area contributed by atoms with Crippen LogP contribution in [-0.4, -0.2) is 5.78 Å². The van der Waals surface area contributed by atoms with Gasteiger partial charge in [-0.1, -0.05) is 75.2 Å². The summed E-state index contributed by atoms with van der Waals surface area (Å²) in [6, 6.07) is 15.8. The molecule has 2 aromatic carbocycles. The molecule has 0 aliphatic heterocycles. The predicted octanol–water partition coefficient (Wildman–Crippen LogP) is 5.21. The first kappa shape index (κ1) is 15.5. The molecule has 0 spiro atoms. The monoisotopic (exact) mass is 280 g/mol. The Kier molecular flexibility index (Phi) is 5.74. The highest BCUT2D eigenvalue weighted by Gasteiger charge is 2.15. The van der Waals surface area contributed by atoms with Gasteiger partial charge in [0.05, 0.1) is 0 Å². The van der Waals surface area contributed by atoms with Gasteiger partial charge in [0.2, 0.25) is 0 Å². The Morgan fingerprint density at radius 3 is 2.29 bits per heavy atom. The summed E-state index contributed by atoms with van der Waals surface area (Å²) in [4.78, 5) is 12.8. The highest BCUT2D eigenvalue weighted by Crippen LogP contribution is 2.22. The molecule has 0 saturated carbocycles. The number of benzene rings is 2. The van der Waals surface area contributed by atoms with Crippen molar-refractivity contribution in [1.29, 1.82) is 0 Å². The van der Waals surface area contributed by atoms with Crippen LogP contribution in [0.25, 0.3) is 0 Å². The molecule has 110 valence electrons. The summed E-state index contributed by atoms with van der Waals surface area (Å²) in [5.74, 6) is 0.150. The number of carbonyl (C=O) groups is 1. The third-order valence-corrected chi connectivity index (χ3v) is 3.85. The van der Waals surface area contributed by atoms with Crippen molar-refractivity contribution < 1.29 is 4.79 Å². The van der Waals surface area contributed by atoms with Crippen LogP contribution in [0, 0.1) is 0 Å². The Morgan fingerprint density at radius 2 is 1.62 bits per heavy atom. The smallest absolute Gasteiger partial charge is 0.193 e. The fraction of sp³-hybridized carbons (Fsp3) is 0.350. The predicted molar refractivity (Wildman–Crippen MR) is 88.9 cm³/mol. The standard InChI is InChI=1S/C20H24O/c1-3-5-11-16-14-9-15-19(18(16)10-4-2)20(21)17-12-7-6-8-13-17/h6-9,12-15H,3-5,10-11H2,1-2H3. The molecule has 21 heavy (non-hydrogen) atoms. The van der Waals surface area contributed by atoms with Crippen molar-refractivity contribution in [1.82, 2.24) is 0 Å². The van der Waals surface area contributed by atoms with E-state index in [0.717, 1.165) is 30.4 Å². The van der Waals surface area contributed by atoms with E-state index in [1.807, 2.05) is 42.5 Å². The maximum absolute atomic E-state index is 12.8. The second-order valence-corrected chi connectivity index (χ2v) is 5.49. The number of rotatable bonds is 7. The van der Waals surface area contributed by atoms with E-state index in [1.54, 1.807) is 0 Å². The molecule has 0 atom stereocenters. The minimum Gasteiger partial charge on any atom is -0.289 e. The molecule has 0 amide bonds. The fourth-order valence-electron chi connectivity index (χ4n) is 2.74. The minimum absolute atomic E-state index is 0.150. The maximum atomic E-state index is 12.8. The molecule has 2 aromatic rings. The Balaban J connectivity index is 2.40. The lowest BCUT2D eigenvalue weighted by Crippen LogP contribution is -2.08. The third-order valence-electron chi connectivity index (χ3n) is 3.85. The minimum atomic E-state index is 0.150. The average Bonchev–Trinajstić information content (AvgIpc) is 2.54. The molecule has 0 heterocycles. The summed E-state index contributed by atoms with van der Waals surface area (Å²) in [7, 11) is 0. The van der Waals surface area contributed by atoms with Crippen molar-refractivity contribution in [2.75, 3.05) is 0 Å². The van der Waals surface area contributed by atoms with Gasteiger partial charge >= 0.3 is 0 Å². The van der Waals surface area contributed by atoms with Gasteiger partial charge in [-0.15, -0.1) is 0 Å². The SMILES string of the molecule is CCCCc1cccc(C(=O)c2ccccc2)c1CCC. The Bertz CT molecular complexity index is 584. The van der Waals surface area contributed by atoms with E-state index in [4.69, 9.17) is 0 Å². The first-order valence-corrected chi connectivity index (χ1v) is 7.98. The number of aryl methyl sites for hydroxylation is 1. The van der Waals surface area contributed by atoms with Crippen molar-refractivity contribution in [3.05, 3.63) is 70.8 Å². The van der Waals surface area contributed by atoms with Gasteiger partial charge in [0.25, 0.3) is 0 Å². The number of hydrogen-bond acceptors (Lipinski definition) is 1. The molecule has 1 nitrogen and oxygen atoms in total. The highest BCUT2D eigenvalue weighted by molar-refractivity contribution is 6.10. The van der Waals surface area contributed by atoms with Crippen LogP contribution in [0.3, 0.4) is 0 Å². The molecular formula is C20H24O. The van der Waals surface area contributed by atoms with Crippen LogP contribution < -0.4 is 0 Å². The summed E-state index contributed by atoms with van der Waals surface area (Å²) in [5.41, 5.74) is 4.27. The van der Waals surface area contributed by atoms with Gasteiger partial charge in [-0.3, -0.25) is 4.79 Å². The summed E-state index contributed by atoms with van der Waals surface area (Å²) in [6.45, 7) is 4.38. The van der Waals surface area contributed by atoms with Crippen molar-refractivity contribution in [2.45, 2.75) is 46.0 Å². The lowest BCUT2D eigenvalue weighted by molar-refractivity contribution is 0.103. The summed E-state index contributed by atoms with van der Waals surface area (Å²) < 4.78 is 0. The van der Waals surface area contributed by atoms with Crippen molar-refractivity contribution >= 4 is 5.78 Å². The molecule has 0 N–H and O–H groups in total. The van der Waals surface area contributed by atoms with E-state index >= 15 is 0 Å². The van der Waals surface area contributed by atoms with E-state index in [0.29, 0.717) is 0 Å². The maximum Gasteiger partial charge on any atom is 0.193 e. The largest absolute Gasteiger partial charge is 0.289 e. The number of ketones is 1. The molecule has 0 unspecified atom stereocenters. The average molecular weight is 280 g/mol. The third kappa shape index (κ3) is 3.81. The highest BCUT2D eigenvalue weighted by atomic mass is 16.1.